The number of rotatable bonds is 47. The first-order valence-electron chi connectivity index (χ1n) is 27.7. The van der Waals surface area contributed by atoms with Crippen molar-refractivity contribution in [3.8, 4) is 5.75 Å². The summed E-state index contributed by atoms with van der Waals surface area (Å²) in [5, 5.41) is 11.0. The minimum absolute atomic E-state index is 0.00368. The molecule has 1 atom stereocenters. The standard InChI is InChI=1S/C56H97NO11/c1-5-9-13-17-21-28-35-50(36-29-22-18-14-10-6-2)66-54(59)39-32-26-25-27-34-48(47-65-56(61)68-52-44-42-49(43-45-52)57(62)63)46-64-53(58)40-33-41-55(60)67-51(37-30-23-19-15-11-7-3)38-31-24-20-16-12-8-4/h42-45,48,50-51H,5-41,46-47H2,1-4H3. The first kappa shape index (κ1) is 62.3. The van der Waals surface area contributed by atoms with Crippen molar-refractivity contribution in [2.24, 2.45) is 5.92 Å². The fourth-order valence-corrected chi connectivity index (χ4v) is 8.50. The lowest BCUT2D eigenvalue weighted by Gasteiger charge is -2.19. The maximum Gasteiger partial charge on any atom is 0.513 e. The molecule has 1 aromatic rings. The largest absolute Gasteiger partial charge is 0.513 e. The van der Waals surface area contributed by atoms with Crippen LogP contribution in [0.15, 0.2) is 24.3 Å². The molecule has 0 heterocycles. The van der Waals surface area contributed by atoms with Crippen LogP contribution in [-0.2, 0) is 33.3 Å². The smallest absolute Gasteiger partial charge is 0.465 e. The van der Waals surface area contributed by atoms with Gasteiger partial charge in [0.05, 0.1) is 11.5 Å². The molecule has 0 aliphatic heterocycles. The van der Waals surface area contributed by atoms with Gasteiger partial charge in [0.1, 0.15) is 24.6 Å². The number of nitro groups is 1. The highest BCUT2D eigenvalue weighted by atomic mass is 16.7. The second-order valence-electron chi connectivity index (χ2n) is 19.2. The molecule has 0 aliphatic rings. The predicted molar refractivity (Wildman–Crippen MR) is 273 cm³/mol. The van der Waals surface area contributed by atoms with Gasteiger partial charge in [-0.15, -0.1) is 0 Å². The second kappa shape index (κ2) is 44.5. The summed E-state index contributed by atoms with van der Waals surface area (Å²) in [6.07, 6.45) is 36.1. The molecule has 0 aromatic heterocycles. The maximum atomic E-state index is 12.9. The maximum absolute atomic E-state index is 12.9. The van der Waals surface area contributed by atoms with Crippen LogP contribution >= 0.6 is 0 Å². The van der Waals surface area contributed by atoms with Gasteiger partial charge >= 0.3 is 24.1 Å². The Kier molecular flexibility index (Phi) is 40.8. The van der Waals surface area contributed by atoms with E-state index in [-0.39, 0.29) is 67.6 Å². The van der Waals surface area contributed by atoms with E-state index in [4.69, 9.17) is 23.7 Å². The quantitative estimate of drug-likeness (QED) is 0.0153. The molecule has 0 radical (unpaired) electrons. The van der Waals surface area contributed by atoms with Gasteiger partial charge in [-0.2, -0.15) is 0 Å². The molecule has 0 aliphatic carbocycles. The van der Waals surface area contributed by atoms with E-state index in [1.165, 1.54) is 140 Å². The molecule has 0 saturated carbocycles. The first-order valence-corrected chi connectivity index (χ1v) is 27.7. The molecule has 0 amide bonds. The van der Waals surface area contributed by atoms with Crippen molar-refractivity contribution in [2.75, 3.05) is 13.2 Å². The van der Waals surface area contributed by atoms with E-state index < -0.39 is 17.0 Å². The van der Waals surface area contributed by atoms with Gasteiger partial charge in [0.15, 0.2) is 0 Å². The van der Waals surface area contributed by atoms with Crippen LogP contribution in [0.1, 0.15) is 265 Å². The van der Waals surface area contributed by atoms with Gasteiger partial charge < -0.3 is 23.7 Å². The Morgan fingerprint density at radius 1 is 0.441 bits per heavy atom. The summed E-state index contributed by atoms with van der Waals surface area (Å²) < 4.78 is 28.3. The minimum Gasteiger partial charge on any atom is -0.465 e. The van der Waals surface area contributed by atoms with Crippen molar-refractivity contribution in [3.05, 3.63) is 34.4 Å². The van der Waals surface area contributed by atoms with Crippen molar-refractivity contribution >= 4 is 29.8 Å². The van der Waals surface area contributed by atoms with E-state index in [0.717, 1.165) is 89.9 Å². The minimum atomic E-state index is -0.968. The number of carbonyl (C=O) groups is 4. The predicted octanol–water partition coefficient (Wildman–Crippen LogP) is 16.6. The number of esters is 3. The van der Waals surface area contributed by atoms with E-state index in [1.807, 2.05) is 0 Å². The summed E-state index contributed by atoms with van der Waals surface area (Å²) in [7, 11) is 0. The van der Waals surface area contributed by atoms with Gasteiger partial charge in [-0.05, 0) is 82.8 Å². The molecule has 0 saturated heterocycles. The van der Waals surface area contributed by atoms with Crippen LogP contribution in [-0.4, -0.2) is 54.4 Å². The highest BCUT2D eigenvalue weighted by Gasteiger charge is 2.19. The molecule has 12 nitrogen and oxygen atoms in total. The van der Waals surface area contributed by atoms with Crippen LogP contribution in [0.4, 0.5) is 10.5 Å². The lowest BCUT2D eigenvalue weighted by molar-refractivity contribution is -0.384. The summed E-state index contributed by atoms with van der Waals surface area (Å²) in [5.74, 6) is -1.03. The molecule has 0 fully saturated rings. The van der Waals surface area contributed by atoms with Crippen LogP contribution in [0.25, 0.3) is 0 Å². The van der Waals surface area contributed by atoms with Gasteiger partial charge in [0.2, 0.25) is 0 Å². The number of hydrogen-bond acceptors (Lipinski definition) is 11. The van der Waals surface area contributed by atoms with Crippen LogP contribution in [0.2, 0.25) is 0 Å². The molecule has 392 valence electrons. The number of ether oxygens (including phenoxy) is 5. The number of nitrogens with zero attached hydrogens (tertiary/aromatic N) is 1. The van der Waals surface area contributed by atoms with E-state index in [0.29, 0.717) is 19.3 Å². The van der Waals surface area contributed by atoms with Gasteiger partial charge in [-0.25, -0.2) is 4.79 Å². The highest BCUT2D eigenvalue weighted by molar-refractivity contribution is 5.72. The summed E-state index contributed by atoms with van der Waals surface area (Å²) in [6, 6.07) is 5.11. The van der Waals surface area contributed by atoms with Crippen molar-refractivity contribution in [1.82, 2.24) is 0 Å². The van der Waals surface area contributed by atoms with Crippen LogP contribution in [0.3, 0.4) is 0 Å². The highest BCUT2D eigenvalue weighted by Crippen LogP contribution is 2.22. The van der Waals surface area contributed by atoms with E-state index in [9.17, 15) is 29.3 Å². The third-order valence-electron chi connectivity index (χ3n) is 12.8. The van der Waals surface area contributed by atoms with Gasteiger partial charge in [0.25, 0.3) is 5.69 Å². The summed E-state index contributed by atoms with van der Waals surface area (Å²) in [6.45, 7) is 8.85. The molecule has 1 unspecified atom stereocenters. The Hall–Kier alpha value is -3.70. The molecule has 1 rings (SSSR count). The number of unbranched alkanes of at least 4 members (excludes halogenated alkanes) is 23. The van der Waals surface area contributed by atoms with Crippen molar-refractivity contribution < 1.29 is 47.8 Å². The molecule has 0 bridgehead atoms. The zero-order valence-electron chi connectivity index (χ0n) is 43.6. The van der Waals surface area contributed by atoms with E-state index >= 15 is 0 Å². The van der Waals surface area contributed by atoms with Crippen molar-refractivity contribution in [2.45, 2.75) is 277 Å². The van der Waals surface area contributed by atoms with Crippen LogP contribution in [0.5, 0.6) is 5.75 Å². The normalized spacial score (nSPS) is 11.7. The molecule has 0 spiro atoms. The third kappa shape index (κ3) is 37.2. The fraction of sp³-hybridized carbons (Fsp3) is 0.821. The topological polar surface area (TPSA) is 158 Å². The number of hydrogen-bond donors (Lipinski definition) is 0. The van der Waals surface area contributed by atoms with Crippen LogP contribution in [0, 0.1) is 16.0 Å². The third-order valence-corrected chi connectivity index (χ3v) is 12.8. The number of non-ortho nitro benzene ring substituents is 1. The number of nitro benzene ring substituents is 1. The molecule has 0 N–H and O–H groups in total. The van der Waals surface area contributed by atoms with Gasteiger partial charge in [0, 0.05) is 37.3 Å². The average Bonchev–Trinajstić information content (AvgIpc) is 3.32. The van der Waals surface area contributed by atoms with E-state index in [1.54, 1.807) is 0 Å². The fourth-order valence-electron chi connectivity index (χ4n) is 8.50. The SMILES string of the molecule is CCCCCCCCC(CCCCCCCC)OC(=O)CCCCCCC(COC(=O)CCCC(=O)OC(CCCCCCCC)CCCCCCCC)COC(=O)Oc1ccc([N+](=O)[O-])cc1. The van der Waals surface area contributed by atoms with Gasteiger partial charge in [-0.1, -0.05) is 175 Å². The second-order valence-corrected chi connectivity index (χ2v) is 19.2. The van der Waals surface area contributed by atoms with E-state index in [2.05, 4.69) is 27.7 Å². The Morgan fingerprint density at radius 2 is 0.794 bits per heavy atom. The Morgan fingerprint density at radius 3 is 1.22 bits per heavy atom. The molecular weight excluding hydrogens is 863 g/mol. The Balaban J connectivity index is 2.66. The molecular formula is C56H97NO11. The lowest BCUT2D eigenvalue weighted by atomic mass is 10.0. The summed E-state index contributed by atoms with van der Waals surface area (Å²) >= 11 is 0. The molecule has 1 aromatic carbocycles. The van der Waals surface area contributed by atoms with Crippen molar-refractivity contribution in [3.63, 3.8) is 0 Å². The zero-order chi connectivity index (χ0) is 49.7. The monoisotopic (exact) mass is 960 g/mol. The van der Waals surface area contributed by atoms with Crippen molar-refractivity contribution in [1.29, 1.82) is 0 Å². The lowest BCUT2D eigenvalue weighted by Crippen LogP contribution is -2.22. The molecule has 12 heteroatoms. The number of carbonyl (C=O) groups excluding carboxylic acids is 4. The van der Waals surface area contributed by atoms with Gasteiger partial charge in [-0.3, -0.25) is 24.5 Å². The molecule has 68 heavy (non-hydrogen) atoms. The first-order chi connectivity index (χ1) is 33.1. The Labute approximate surface area is 413 Å². The summed E-state index contributed by atoms with van der Waals surface area (Å²) in [4.78, 5) is 61.8. The average molecular weight is 960 g/mol. The Bertz CT molecular complexity index is 1370. The zero-order valence-corrected chi connectivity index (χ0v) is 43.6. The van der Waals surface area contributed by atoms with Crippen LogP contribution < -0.4 is 4.74 Å². The number of benzene rings is 1. The summed E-state index contributed by atoms with van der Waals surface area (Å²) in [5.41, 5.74) is -0.131.